The van der Waals surface area contributed by atoms with E-state index >= 15 is 0 Å². The molecule has 2 bridgehead atoms. The van der Waals surface area contributed by atoms with Gasteiger partial charge in [0.15, 0.2) is 0 Å². The molecular weight excluding hydrogens is 430 g/mol. The van der Waals surface area contributed by atoms with Crippen molar-refractivity contribution in [2.75, 3.05) is 0 Å². The van der Waals surface area contributed by atoms with Crippen LogP contribution >= 0.6 is 0 Å². The number of hydrogen-bond donors (Lipinski definition) is 1. The maximum atomic E-state index is 13.7. The topological polar surface area (TPSA) is 46.9 Å². The van der Waals surface area contributed by atoms with Crippen molar-refractivity contribution in [2.24, 2.45) is 11.3 Å². The fourth-order valence-electron chi connectivity index (χ4n) is 6.80. The van der Waals surface area contributed by atoms with E-state index in [1.54, 1.807) is 0 Å². The van der Waals surface area contributed by atoms with E-state index in [9.17, 15) is 4.79 Å². The minimum Gasteiger partial charge on any atom is -0.329 e. The maximum Gasteiger partial charge on any atom is 0.233 e. The third-order valence-electron chi connectivity index (χ3n) is 8.75. The van der Waals surface area contributed by atoms with Crippen LogP contribution in [0, 0.1) is 18.3 Å². The lowest BCUT2D eigenvalue weighted by atomic mass is 9.83. The van der Waals surface area contributed by atoms with Gasteiger partial charge >= 0.3 is 0 Å². The van der Waals surface area contributed by atoms with Crippen LogP contribution in [-0.2, 0) is 17.8 Å². The summed E-state index contributed by atoms with van der Waals surface area (Å²) in [4.78, 5) is 13.7. The Hall–Kier alpha value is -3.14. The third kappa shape index (κ3) is 3.84. The Kier molecular flexibility index (Phi) is 5.43. The molecule has 3 aromatic rings. The van der Waals surface area contributed by atoms with Gasteiger partial charge in [-0.05, 0) is 63.9 Å². The SMILES string of the molecule is CC1=C(NC(=O)C2CCCc3c2nn(Cc2ccccc2)c3-c2ccc(C)cc2)C2(C)CCC1C2. The van der Waals surface area contributed by atoms with Crippen molar-refractivity contribution in [1.29, 1.82) is 0 Å². The average Bonchev–Trinajstić information content (AvgIpc) is 3.50. The standard InChI is InChI=1S/C31H35N3O/c1-20-12-14-23(15-13-20)28-25-10-7-11-26(27(25)33-34(28)19-22-8-5-4-6-9-22)30(35)32-29-21(2)24-16-17-31(29,3)18-24/h4-6,8-9,12-15,24,26H,7,10-11,16-19H2,1-3H3,(H,32,35). The zero-order valence-corrected chi connectivity index (χ0v) is 21.1. The van der Waals surface area contributed by atoms with Gasteiger partial charge in [0.2, 0.25) is 5.91 Å². The van der Waals surface area contributed by atoms with Gasteiger partial charge in [-0.15, -0.1) is 0 Å². The fraction of sp³-hybridized carbons (Fsp3) is 0.419. The van der Waals surface area contributed by atoms with Crippen molar-refractivity contribution in [3.05, 3.63) is 88.3 Å². The van der Waals surface area contributed by atoms with Crippen LogP contribution in [0.15, 0.2) is 65.9 Å². The highest BCUT2D eigenvalue weighted by atomic mass is 16.2. The summed E-state index contributed by atoms with van der Waals surface area (Å²) in [6, 6.07) is 19.2. The lowest BCUT2D eigenvalue weighted by Gasteiger charge is -2.29. The predicted octanol–water partition coefficient (Wildman–Crippen LogP) is 6.54. The number of aryl methyl sites for hydroxylation is 1. The van der Waals surface area contributed by atoms with Crippen LogP contribution in [0.25, 0.3) is 11.3 Å². The number of amides is 1. The molecule has 0 saturated heterocycles. The number of aromatic nitrogens is 2. The molecule has 3 atom stereocenters. The van der Waals surface area contributed by atoms with E-state index in [4.69, 9.17) is 5.10 Å². The molecule has 1 saturated carbocycles. The van der Waals surface area contributed by atoms with Crippen LogP contribution in [0.5, 0.6) is 0 Å². The molecule has 3 aliphatic rings. The molecule has 4 nitrogen and oxygen atoms in total. The normalized spacial score (nSPS) is 25.1. The molecule has 3 aliphatic carbocycles. The van der Waals surface area contributed by atoms with Crippen LogP contribution in [0.1, 0.15) is 74.3 Å². The van der Waals surface area contributed by atoms with E-state index in [0.29, 0.717) is 12.5 Å². The van der Waals surface area contributed by atoms with Crippen molar-refractivity contribution >= 4 is 5.91 Å². The first kappa shape index (κ1) is 22.3. The number of benzene rings is 2. The summed E-state index contributed by atoms with van der Waals surface area (Å²) >= 11 is 0. The highest BCUT2D eigenvalue weighted by Crippen LogP contribution is 2.56. The Morgan fingerprint density at radius 1 is 1.09 bits per heavy atom. The van der Waals surface area contributed by atoms with E-state index in [2.05, 4.69) is 79.3 Å². The number of allylic oxidation sites excluding steroid dienone is 2. The van der Waals surface area contributed by atoms with Gasteiger partial charge < -0.3 is 5.32 Å². The van der Waals surface area contributed by atoms with Crippen molar-refractivity contribution in [3.8, 4) is 11.3 Å². The Labute approximate surface area is 208 Å². The molecule has 1 fully saturated rings. The smallest absolute Gasteiger partial charge is 0.233 e. The van der Waals surface area contributed by atoms with E-state index in [1.807, 2.05) is 6.07 Å². The molecule has 1 amide bonds. The molecular formula is C31H35N3O. The zero-order valence-electron chi connectivity index (χ0n) is 21.1. The number of hydrogen-bond acceptors (Lipinski definition) is 2. The van der Waals surface area contributed by atoms with Gasteiger partial charge in [0, 0.05) is 22.2 Å². The van der Waals surface area contributed by atoms with Crippen molar-refractivity contribution in [3.63, 3.8) is 0 Å². The second-order valence-electron chi connectivity index (χ2n) is 11.2. The zero-order chi connectivity index (χ0) is 24.2. The quantitative estimate of drug-likeness (QED) is 0.465. The lowest BCUT2D eigenvalue weighted by Crippen LogP contribution is -2.36. The predicted molar refractivity (Wildman–Crippen MR) is 140 cm³/mol. The van der Waals surface area contributed by atoms with E-state index in [-0.39, 0.29) is 17.2 Å². The van der Waals surface area contributed by atoms with E-state index < -0.39 is 0 Å². The van der Waals surface area contributed by atoms with Crippen LogP contribution in [0.3, 0.4) is 0 Å². The van der Waals surface area contributed by atoms with Crippen LogP contribution in [-0.4, -0.2) is 15.7 Å². The number of rotatable bonds is 5. The summed E-state index contributed by atoms with van der Waals surface area (Å²) in [7, 11) is 0. The summed E-state index contributed by atoms with van der Waals surface area (Å²) in [5, 5.41) is 8.57. The molecule has 6 rings (SSSR count). The number of nitrogens with one attached hydrogen (secondary N) is 1. The summed E-state index contributed by atoms with van der Waals surface area (Å²) in [6.45, 7) is 7.37. The Morgan fingerprint density at radius 2 is 1.86 bits per heavy atom. The molecule has 1 heterocycles. The molecule has 1 aromatic heterocycles. The Bertz CT molecular complexity index is 1300. The molecule has 3 unspecified atom stereocenters. The van der Waals surface area contributed by atoms with Crippen LogP contribution in [0.2, 0.25) is 0 Å². The van der Waals surface area contributed by atoms with Gasteiger partial charge in [-0.3, -0.25) is 9.48 Å². The van der Waals surface area contributed by atoms with Crippen LogP contribution in [0.4, 0.5) is 0 Å². The molecule has 0 radical (unpaired) electrons. The largest absolute Gasteiger partial charge is 0.329 e. The summed E-state index contributed by atoms with van der Waals surface area (Å²) < 4.78 is 2.14. The number of carbonyl (C=O) groups excluding carboxylic acids is 1. The monoisotopic (exact) mass is 465 g/mol. The summed E-state index contributed by atoms with van der Waals surface area (Å²) in [6.07, 6.45) is 6.48. The number of nitrogens with zero attached hydrogens (tertiary/aromatic N) is 2. The van der Waals surface area contributed by atoms with Gasteiger partial charge in [0.1, 0.15) is 0 Å². The maximum absolute atomic E-state index is 13.7. The van der Waals surface area contributed by atoms with Crippen molar-refractivity contribution in [1.82, 2.24) is 15.1 Å². The fourth-order valence-corrected chi connectivity index (χ4v) is 6.80. The molecule has 4 heteroatoms. The molecule has 35 heavy (non-hydrogen) atoms. The van der Waals surface area contributed by atoms with Gasteiger partial charge in [0.05, 0.1) is 23.9 Å². The lowest BCUT2D eigenvalue weighted by molar-refractivity contribution is -0.122. The van der Waals surface area contributed by atoms with Crippen LogP contribution < -0.4 is 5.32 Å². The minimum absolute atomic E-state index is 0.133. The van der Waals surface area contributed by atoms with Gasteiger partial charge in [-0.1, -0.05) is 72.7 Å². The second kappa shape index (κ2) is 8.51. The average molecular weight is 466 g/mol. The first-order valence-corrected chi connectivity index (χ1v) is 13.2. The molecule has 1 N–H and O–H groups in total. The molecule has 0 aliphatic heterocycles. The van der Waals surface area contributed by atoms with E-state index in [1.165, 1.54) is 58.5 Å². The van der Waals surface area contributed by atoms with Crippen molar-refractivity contribution in [2.45, 2.75) is 71.8 Å². The van der Waals surface area contributed by atoms with Crippen molar-refractivity contribution < 1.29 is 4.79 Å². The Balaban J connectivity index is 1.38. The summed E-state index contributed by atoms with van der Waals surface area (Å²) in [5.74, 6) is 0.590. The molecule has 180 valence electrons. The van der Waals surface area contributed by atoms with Gasteiger partial charge in [-0.2, -0.15) is 5.10 Å². The minimum atomic E-state index is -0.192. The first-order valence-electron chi connectivity index (χ1n) is 13.2. The number of fused-ring (bicyclic) bond motifs is 3. The molecule has 0 spiro atoms. The van der Waals surface area contributed by atoms with Gasteiger partial charge in [0.25, 0.3) is 0 Å². The summed E-state index contributed by atoms with van der Waals surface area (Å²) in [5.41, 5.74) is 9.79. The Morgan fingerprint density at radius 3 is 2.57 bits per heavy atom. The van der Waals surface area contributed by atoms with E-state index in [0.717, 1.165) is 25.0 Å². The number of carbonyl (C=O) groups is 1. The second-order valence-corrected chi connectivity index (χ2v) is 11.2. The van der Waals surface area contributed by atoms with Gasteiger partial charge in [-0.25, -0.2) is 0 Å². The molecule has 2 aromatic carbocycles. The first-order chi connectivity index (χ1) is 16.9. The highest BCUT2D eigenvalue weighted by Gasteiger charge is 2.47. The highest BCUT2D eigenvalue weighted by molar-refractivity contribution is 5.86. The third-order valence-corrected chi connectivity index (χ3v) is 8.75.